The van der Waals surface area contributed by atoms with Gasteiger partial charge in [0, 0.05) is 38.9 Å². The fourth-order valence-electron chi connectivity index (χ4n) is 2.42. The molecule has 1 unspecified atom stereocenters. The molecule has 114 valence electrons. The second-order valence-corrected chi connectivity index (χ2v) is 6.11. The van der Waals surface area contributed by atoms with E-state index in [1.54, 1.807) is 14.0 Å². The van der Waals surface area contributed by atoms with Crippen LogP contribution in [0.1, 0.15) is 32.8 Å². The Balaban J connectivity index is 2.73. The Bertz CT molecular complexity index is 570. The van der Waals surface area contributed by atoms with Gasteiger partial charge in [0.15, 0.2) is 0 Å². The molecule has 0 aliphatic carbocycles. The van der Waals surface area contributed by atoms with Crippen molar-refractivity contribution in [1.82, 2.24) is 14.5 Å². The van der Waals surface area contributed by atoms with Gasteiger partial charge >= 0.3 is 5.69 Å². The first kappa shape index (κ1) is 16.7. The van der Waals surface area contributed by atoms with E-state index in [0.717, 1.165) is 4.57 Å². The Morgan fingerprint density at radius 1 is 1.35 bits per heavy atom. The van der Waals surface area contributed by atoms with Crippen molar-refractivity contribution in [3.8, 4) is 0 Å². The van der Waals surface area contributed by atoms with Crippen LogP contribution in [0.25, 0.3) is 0 Å². The highest BCUT2D eigenvalue weighted by molar-refractivity contribution is 5.05. The van der Waals surface area contributed by atoms with Crippen LogP contribution >= 0.6 is 0 Å². The number of aryl methyl sites for hydroxylation is 1. The van der Waals surface area contributed by atoms with Gasteiger partial charge in [0.25, 0.3) is 5.56 Å². The maximum atomic E-state index is 11.9. The smallest absolute Gasteiger partial charge is 0.330 e. The maximum Gasteiger partial charge on any atom is 0.330 e. The molecule has 6 nitrogen and oxygen atoms in total. The predicted octanol–water partition coefficient (Wildman–Crippen LogP) is -0.0293. The van der Waals surface area contributed by atoms with E-state index in [0.29, 0.717) is 31.0 Å². The summed E-state index contributed by atoms with van der Waals surface area (Å²) in [7, 11) is 3.07. The summed E-state index contributed by atoms with van der Waals surface area (Å²) in [6.45, 7) is 6.61. The molecule has 0 radical (unpaired) electrons. The number of hydrogen-bond donors (Lipinski definition) is 2. The molecule has 1 heterocycles. The van der Waals surface area contributed by atoms with E-state index < -0.39 is 5.60 Å². The van der Waals surface area contributed by atoms with Crippen molar-refractivity contribution in [2.75, 3.05) is 6.54 Å². The standard InChI is InChI=1S/C14H25N3O3/c1-10(2)6-14(3,20)9-15-7-11-8-16(4)13(19)17(5)12(11)18/h8,10,15,20H,6-7,9H2,1-5H3. The van der Waals surface area contributed by atoms with Gasteiger partial charge in [-0.25, -0.2) is 4.79 Å². The molecule has 0 saturated carbocycles. The monoisotopic (exact) mass is 283 g/mol. The molecule has 0 fully saturated rings. The van der Waals surface area contributed by atoms with Crippen molar-refractivity contribution < 1.29 is 5.11 Å². The number of aliphatic hydroxyl groups is 1. The van der Waals surface area contributed by atoms with Gasteiger partial charge < -0.3 is 15.0 Å². The molecule has 0 spiro atoms. The molecule has 0 saturated heterocycles. The third kappa shape index (κ3) is 4.31. The zero-order valence-electron chi connectivity index (χ0n) is 12.9. The first-order valence-electron chi connectivity index (χ1n) is 6.82. The van der Waals surface area contributed by atoms with Crippen LogP contribution in [-0.4, -0.2) is 26.4 Å². The van der Waals surface area contributed by atoms with Crippen LogP contribution in [0.3, 0.4) is 0 Å². The molecule has 1 atom stereocenters. The number of nitrogens with zero attached hydrogens (tertiary/aromatic N) is 2. The molecule has 20 heavy (non-hydrogen) atoms. The quantitative estimate of drug-likeness (QED) is 0.769. The van der Waals surface area contributed by atoms with Crippen molar-refractivity contribution >= 4 is 0 Å². The maximum absolute atomic E-state index is 11.9. The number of nitrogens with one attached hydrogen (secondary N) is 1. The minimum Gasteiger partial charge on any atom is -0.389 e. The first-order valence-corrected chi connectivity index (χ1v) is 6.82. The average Bonchev–Trinajstić information content (AvgIpc) is 2.31. The zero-order valence-corrected chi connectivity index (χ0v) is 12.9. The van der Waals surface area contributed by atoms with Gasteiger partial charge in [0.2, 0.25) is 0 Å². The lowest BCUT2D eigenvalue weighted by molar-refractivity contribution is 0.0383. The second kappa shape index (κ2) is 6.37. The minimum atomic E-state index is -0.805. The summed E-state index contributed by atoms with van der Waals surface area (Å²) in [5.41, 5.74) is -0.940. The van der Waals surface area contributed by atoms with Crippen molar-refractivity contribution in [3.63, 3.8) is 0 Å². The number of hydrogen-bond acceptors (Lipinski definition) is 4. The van der Waals surface area contributed by atoms with Crippen LogP contribution in [0.15, 0.2) is 15.8 Å². The first-order chi connectivity index (χ1) is 9.14. The molecule has 0 aromatic carbocycles. The summed E-state index contributed by atoms with van der Waals surface area (Å²) in [4.78, 5) is 23.5. The zero-order chi connectivity index (χ0) is 15.5. The Morgan fingerprint density at radius 2 is 1.95 bits per heavy atom. The summed E-state index contributed by atoms with van der Waals surface area (Å²) < 4.78 is 2.47. The van der Waals surface area contributed by atoms with E-state index in [9.17, 15) is 14.7 Å². The largest absolute Gasteiger partial charge is 0.389 e. The summed E-state index contributed by atoms with van der Waals surface area (Å²) in [6, 6.07) is 0. The Hall–Kier alpha value is -1.40. The van der Waals surface area contributed by atoms with E-state index in [1.165, 1.54) is 17.8 Å². The molecular formula is C14H25N3O3. The second-order valence-electron chi connectivity index (χ2n) is 6.11. The summed E-state index contributed by atoms with van der Waals surface area (Å²) in [5.74, 6) is 0.400. The molecule has 0 aliphatic rings. The van der Waals surface area contributed by atoms with Gasteiger partial charge in [-0.3, -0.25) is 9.36 Å². The van der Waals surface area contributed by atoms with Crippen LogP contribution < -0.4 is 16.6 Å². The van der Waals surface area contributed by atoms with Gasteiger partial charge in [-0.05, 0) is 19.3 Å². The van der Waals surface area contributed by atoms with Crippen LogP contribution in [0, 0.1) is 5.92 Å². The molecule has 1 aromatic heterocycles. The Morgan fingerprint density at radius 3 is 2.50 bits per heavy atom. The number of rotatable bonds is 6. The SMILES string of the molecule is CC(C)CC(C)(O)CNCc1cn(C)c(=O)n(C)c1=O. The summed E-state index contributed by atoms with van der Waals surface area (Å²) >= 11 is 0. The van der Waals surface area contributed by atoms with Gasteiger partial charge in [0.05, 0.1) is 5.60 Å². The van der Waals surface area contributed by atoms with E-state index >= 15 is 0 Å². The Kier molecular flexibility index (Phi) is 5.30. The Labute approximate surface area is 119 Å². The van der Waals surface area contributed by atoms with Crippen LogP contribution in [0.4, 0.5) is 0 Å². The molecule has 1 rings (SSSR count). The highest BCUT2D eigenvalue weighted by Crippen LogP contribution is 2.15. The fraction of sp³-hybridized carbons (Fsp3) is 0.714. The molecule has 6 heteroatoms. The van der Waals surface area contributed by atoms with Crippen molar-refractivity contribution in [3.05, 3.63) is 32.6 Å². The lowest BCUT2D eigenvalue weighted by Crippen LogP contribution is -2.42. The molecule has 1 aromatic rings. The third-order valence-corrected chi connectivity index (χ3v) is 3.19. The third-order valence-electron chi connectivity index (χ3n) is 3.19. The fourth-order valence-corrected chi connectivity index (χ4v) is 2.42. The molecule has 0 amide bonds. The predicted molar refractivity (Wildman–Crippen MR) is 78.7 cm³/mol. The normalized spacial score (nSPS) is 14.6. The topological polar surface area (TPSA) is 76.3 Å². The van der Waals surface area contributed by atoms with Crippen molar-refractivity contribution in [2.24, 2.45) is 20.0 Å². The number of aromatic nitrogens is 2. The van der Waals surface area contributed by atoms with E-state index in [1.807, 2.05) is 0 Å². The van der Waals surface area contributed by atoms with E-state index in [2.05, 4.69) is 19.2 Å². The molecular weight excluding hydrogens is 258 g/mol. The molecule has 2 N–H and O–H groups in total. The van der Waals surface area contributed by atoms with Gasteiger partial charge in [0.1, 0.15) is 0 Å². The highest BCUT2D eigenvalue weighted by atomic mass is 16.3. The lowest BCUT2D eigenvalue weighted by Gasteiger charge is -2.25. The van der Waals surface area contributed by atoms with Crippen molar-refractivity contribution in [2.45, 2.75) is 39.3 Å². The molecule has 0 bridgehead atoms. The van der Waals surface area contributed by atoms with Gasteiger partial charge in [-0.1, -0.05) is 13.8 Å². The lowest BCUT2D eigenvalue weighted by atomic mass is 9.94. The van der Waals surface area contributed by atoms with Gasteiger partial charge in [-0.15, -0.1) is 0 Å². The van der Waals surface area contributed by atoms with Crippen molar-refractivity contribution in [1.29, 1.82) is 0 Å². The van der Waals surface area contributed by atoms with E-state index in [-0.39, 0.29) is 11.2 Å². The average molecular weight is 283 g/mol. The minimum absolute atomic E-state index is 0.302. The van der Waals surface area contributed by atoms with Gasteiger partial charge in [-0.2, -0.15) is 0 Å². The summed E-state index contributed by atoms with van der Waals surface area (Å²) in [6.07, 6.45) is 2.22. The van der Waals surface area contributed by atoms with E-state index in [4.69, 9.17) is 0 Å². The highest BCUT2D eigenvalue weighted by Gasteiger charge is 2.21. The van der Waals surface area contributed by atoms with Crippen LogP contribution in [-0.2, 0) is 20.6 Å². The van der Waals surface area contributed by atoms with Crippen LogP contribution in [0.5, 0.6) is 0 Å². The van der Waals surface area contributed by atoms with Crippen LogP contribution in [0.2, 0.25) is 0 Å². The summed E-state index contributed by atoms with van der Waals surface area (Å²) in [5, 5.41) is 13.3. The molecule has 0 aliphatic heterocycles.